The molecular formula is C11H23NO3. The number of rotatable bonds is 1. The molecule has 1 heterocycles. The molecule has 1 fully saturated rings. The number of hydrogen-bond donors (Lipinski definition) is 0. The Morgan fingerprint density at radius 2 is 1.60 bits per heavy atom. The second-order valence-corrected chi connectivity index (χ2v) is 3.55. The molecule has 1 aliphatic heterocycles. The molecule has 1 aliphatic rings. The Kier molecular flexibility index (Phi) is 14.4. The second-order valence-electron chi connectivity index (χ2n) is 3.55. The van der Waals surface area contributed by atoms with E-state index in [1.165, 1.54) is 40.0 Å². The maximum absolute atomic E-state index is 8.95. The van der Waals surface area contributed by atoms with E-state index in [0.717, 1.165) is 12.2 Å². The molecule has 0 radical (unpaired) electrons. The van der Waals surface area contributed by atoms with Crippen LogP contribution in [0.25, 0.3) is 0 Å². The van der Waals surface area contributed by atoms with Gasteiger partial charge in [-0.3, -0.25) is 4.79 Å². The van der Waals surface area contributed by atoms with E-state index in [1.54, 1.807) is 0 Å². The van der Waals surface area contributed by atoms with Crippen molar-refractivity contribution < 1.29 is 14.3 Å². The van der Waals surface area contributed by atoms with Gasteiger partial charge in [0.25, 0.3) is 6.47 Å². The first-order chi connectivity index (χ1) is 7.12. The van der Waals surface area contributed by atoms with Crippen molar-refractivity contribution in [3.8, 4) is 0 Å². The van der Waals surface area contributed by atoms with E-state index >= 15 is 0 Å². The Labute approximate surface area is 92.6 Å². The van der Waals surface area contributed by atoms with Gasteiger partial charge >= 0.3 is 0 Å². The number of aldehydes is 1. The Hall–Kier alpha value is -0.900. The average Bonchev–Trinajstić information content (AvgIpc) is 2.24. The number of carbonyl (C=O) groups excluding carboxylic acids is 2. The van der Waals surface area contributed by atoms with Crippen molar-refractivity contribution in [1.82, 2.24) is 4.90 Å². The number of hydrogen-bond acceptors (Lipinski definition) is 4. The summed E-state index contributed by atoms with van der Waals surface area (Å²) in [5, 5.41) is 0. The highest BCUT2D eigenvalue weighted by molar-refractivity contribution is 5.44. The van der Waals surface area contributed by atoms with Crippen LogP contribution in [-0.4, -0.2) is 44.9 Å². The van der Waals surface area contributed by atoms with Crippen molar-refractivity contribution >= 4 is 12.8 Å². The fourth-order valence-electron chi connectivity index (χ4n) is 1.14. The summed E-state index contributed by atoms with van der Waals surface area (Å²) >= 11 is 0. The molecule has 4 heteroatoms. The third-order valence-electron chi connectivity index (χ3n) is 2.10. The summed E-state index contributed by atoms with van der Waals surface area (Å²) in [6.45, 7) is 6.77. The molecule has 0 saturated carbocycles. The Morgan fingerprint density at radius 1 is 1.27 bits per heavy atom. The van der Waals surface area contributed by atoms with Crippen molar-refractivity contribution in [3.05, 3.63) is 0 Å². The van der Waals surface area contributed by atoms with Crippen molar-refractivity contribution in [2.24, 2.45) is 5.92 Å². The van der Waals surface area contributed by atoms with Gasteiger partial charge in [0.15, 0.2) is 0 Å². The van der Waals surface area contributed by atoms with Crippen molar-refractivity contribution in [2.75, 3.05) is 27.2 Å². The first-order valence-corrected chi connectivity index (χ1v) is 5.17. The minimum atomic E-state index is 0.375. The van der Waals surface area contributed by atoms with Crippen LogP contribution in [0.1, 0.15) is 26.7 Å². The van der Waals surface area contributed by atoms with Gasteiger partial charge in [-0.05, 0) is 45.8 Å². The number of methoxy groups -OCH3 is 1. The minimum absolute atomic E-state index is 0.375. The molecule has 0 unspecified atom stereocenters. The standard InChI is InChI=1S/C7H15N.C2H4O2.C2H4O/c1-7-3-5-8(2)6-4-7;1-4-2-3;1-2-3/h7H,3-6H2,1-2H3;2H,1H3;2H,1H3. The lowest BCUT2D eigenvalue weighted by molar-refractivity contribution is -0.126. The van der Waals surface area contributed by atoms with Gasteiger partial charge in [0.2, 0.25) is 0 Å². The predicted octanol–water partition coefficient (Wildman–Crippen LogP) is 1.34. The number of ether oxygens (including phenoxy) is 1. The van der Waals surface area contributed by atoms with Crippen LogP contribution >= 0.6 is 0 Å². The number of carbonyl (C=O) groups is 2. The fraction of sp³-hybridized carbons (Fsp3) is 0.818. The van der Waals surface area contributed by atoms with Crippen LogP contribution in [0.2, 0.25) is 0 Å². The number of likely N-dealkylation sites (tertiary alicyclic amines) is 1. The van der Waals surface area contributed by atoms with Crippen LogP contribution in [0.3, 0.4) is 0 Å². The molecule has 1 rings (SSSR count). The van der Waals surface area contributed by atoms with Crippen LogP contribution in [-0.2, 0) is 14.3 Å². The highest BCUT2D eigenvalue weighted by atomic mass is 16.5. The van der Waals surface area contributed by atoms with Gasteiger partial charge < -0.3 is 14.4 Å². The van der Waals surface area contributed by atoms with E-state index in [2.05, 4.69) is 23.6 Å². The lowest BCUT2D eigenvalue weighted by Crippen LogP contribution is -2.28. The summed E-state index contributed by atoms with van der Waals surface area (Å²) in [7, 11) is 3.51. The zero-order chi connectivity index (χ0) is 12.1. The van der Waals surface area contributed by atoms with E-state index in [1.807, 2.05) is 0 Å². The maximum atomic E-state index is 8.95. The third kappa shape index (κ3) is 15.8. The molecule has 0 spiro atoms. The van der Waals surface area contributed by atoms with Gasteiger partial charge in [0.05, 0.1) is 7.11 Å². The molecule has 0 amide bonds. The molecule has 0 bridgehead atoms. The normalized spacial score (nSPS) is 16.3. The molecular weight excluding hydrogens is 194 g/mol. The molecule has 0 atom stereocenters. The van der Waals surface area contributed by atoms with Crippen LogP contribution < -0.4 is 0 Å². The fourth-order valence-corrected chi connectivity index (χ4v) is 1.14. The van der Waals surface area contributed by atoms with E-state index in [-0.39, 0.29) is 0 Å². The zero-order valence-electron chi connectivity index (χ0n) is 10.2. The van der Waals surface area contributed by atoms with Crippen molar-refractivity contribution in [3.63, 3.8) is 0 Å². The molecule has 0 aromatic carbocycles. The highest BCUT2D eigenvalue weighted by Crippen LogP contribution is 2.13. The SMILES string of the molecule is CC1CCN(C)CC1.CC=O.COC=O. The average molecular weight is 217 g/mol. The van der Waals surface area contributed by atoms with Gasteiger partial charge in [0, 0.05) is 0 Å². The Bertz CT molecular complexity index is 133. The van der Waals surface area contributed by atoms with Gasteiger partial charge in [-0.15, -0.1) is 0 Å². The zero-order valence-corrected chi connectivity index (χ0v) is 10.2. The monoisotopic (exact) mass is 217 g/mol. The van der Waals surface area contributed by atoms with Gasteiger partial charge in [-0.2, -0.15) is 0 Å². The number of nitrogens with zero attached hydrogens (tertiary/aromatic N) is 1. The summed E-state index contributed by atoms with van der Waals surface area (Å²) in [4.78, 5) is 20.2. The molecule has 0 aromatic heterocycles. The highest BCUT2D eigenvalue weighted by Gasteiger charge is 2.10. The summed E-state index contributed by atoms with van der Waals surface area (Å²) in [6, 6.07) is 0. The van der Waals surface area contributed by atoms with Gasteiger partial charge in [-0.25, -0.2) is 0 Å². The largest absolute Gasteiger partial charge is 0.471 e. The molecule has 0 aromatic rings. The molecule has 0 N–H and O–H groups in total. The summed E-state index contributed by atoms with van der Waals surface area (Å²) in [5.41, 5.74) is 0. The van der Waals surface area contributed by atoms with E-state index in [0.29, 0.717) is 6.47 Å². The van der Waals surface area contributed by atoms with Crippen LogP contribution in [0.5, 0.6) is 0 Å². The summed E-state index contributed by atoms with van der Waals surface area (Å²) in [5.74, 6) is 0.978. The lowest BCUT2D eigenvalue weighted by atomic mass is 10.00. The van der Waals surface area contributed by atoms with Crippen molar-refractivity contribution in [1.29, 1.82) is 0 Å². The first-order valence-electron chi connectivity index (χ1n) is 5.17. The Morgan fingerprint density at radius 3 is 1.80 bits per heavy atom. The smallest absolute Gasteiger partial charge is 0.292 e. The second kappa shape index (κ2) is 13.1. The molecule has 15 heavy (non-hydrogen) atoms. The Balaban J connectivity index is 0. The van der Waals surface area contributed by atoms with Crippen molar-refractivity contribution in [2.45, 2.75) is 26.7 Å². The summed E-state index contributed by atoms with van der Waals surface area (Å²) < 4.78 is 3.86. The maximum Gasteiger partial charge on any atom is 0.292 e. The predicted molar refractivity (Wildman–Crippen MR) is 60.7 cm³/mol. The number of piperidine rings is 1. The van der Waals surface area contributed by atoms with Gasteiger partial charge in [0.1, 0.15) is 6.29 Å². The van der Waals surface area contributed by atoms with Crippen LogP contribution in [0, 0.1) is 5.92 Å². The van der Waals surface area contributed by atoms with E-state index in [9.17, 15) is 0 Å². The molecule has 4 nitrogen and oxygen atoms in total. The molecule has 0 aliphatic carbocycles. The lowest BCUT2D eigenvalue weighted by Gasteiger charge is -2.26. The minimum Gasteiger partial charge on any atom is -0.471 e. The molecule has 90 valence electrons. The van der Waals surface area contributed by atoms with Crippen LogP contribution in [0.15, 0.2) is 0 Å². The third-order valence-corrected chi connectivity index (χ3v) is 2.10. The first kappa shape index (κ1) is 16.5. The van der Waals surface area contributed by atoms with Gasteiger partial charge in [-0.1, -0.05) is 6.92 Å². The van der Waals surface area contributed by atoms with E-state index < -0.39 is 0 Å². The molecule has 1 saturated heterocycles. The topological polar surface area (TPSA) is 46.6 Å². The van der Waals surface area contributed by atoms with Crippen LogP contribution in [0.4, 0.5) is 0 Å². The quantitative estimate of drug-likeness (QED) is 0.622. The summed E-state index contributed by atoms with van der Waals surface area (Å²) in [6.07, 6.45) is 3.55. The van der Waals surface area contributed by atoms with E-state index in [4.69, 9.17) is 9.59 Å².